The summed E-state index contributed by atoms with van der Waals surface area (Å²) in [6, 6.07) is 51.8. The molecule has 0 amide bonds. The maximum Gasteiger partial charge on any atom is 0.151 e. The molecule has 7 aromatic carbocycles. The standard InChI is InChI=1S/C56H52N4O/c1-54(2,3)39-22-14-20-36(30-39)35-19-13-21-37(29-35)42-23-15-25-45-49(42)57-53-48-44(24-16-26-47(48)61)60-51-46(59(45)53)28-27-43(34-17-11-10-12-18-34)50(51)58-52(60)38-31-40(55(4,5)6)33-41(32-38)56(7,8)9/h10-33,61H,1-9H3. The summed E-state index contributed by atoms with van der Waals surface area (Å²) < 4.78 is 4.52. The van der Waals surface area contributed by atoms with Gasteiger partial charge >= 0.3 is 0 Å². The molecule has 0 fully saturated rings. The van der Waals surface area contributed by atoms with Crippen molar-refractivity contribution in [2.45, 2.75) is 78.6 Å². The molecule has 0 aliphatic heterocycles. The van der Waals surface area contributed by atoms with Gasteiger partial charge in [-0.25, -0.2) is 9.97 Å². The first-order valence-electron chi connectivity index (χ1n) is 21.4. The number of phenols is 1. The van der Waals surface area contributed by atoms with Gasteiger partial charge in [0.1, 0.15) is 11.6 Å². The Labute approximate surface area is 358 Å². The van der Waals surface area contributed by atoms with Gasteiger partial charge in [-0.3, -0.25) is 8.80 Å². The number of phenolic OH excluding ortho intramolecular Hbond substituents is 1. The van der Waals surface area contributed by atoms with Crippen LogP contribution in [0.2, 0.25) is 0 Å². The number of hydrogen-bond acceptors (Lipinski definition) is 3. The van der Waals surface area contributed by atoms with Gasteiger partial charge in [0.2, 0.25) is 0 Å². The van der Waals surface area contributed by atoms with Crippen LogP contribution in [0, 0.1) is 0 Å². The largest absolute Gasteiger partial charge is 0.507 e. The number of rotatable bonds is 4. The highest BCUT2D eigenvalue weighted by atomic mass is 16.3. The summed E-state index contributed by atoms with van der Waals surface area (Å²) in [7, 11) is 0. The summed E-state index contributed by atoms with van der Waals surface area (Å²) in [5.74, 6) is 0.991. The zero-order chi connectivity index (χ0) is 42.6. The molecule has 0 unspecified atom stereocenters. The SMILES string of the molecule is CC(C)(C)c1cccc(-c2cccc(-c3cccc4c3nc3c5c(O)cccc5n5c(-c6cc(C(C)(C)C)cc(C(C)(C)C)c6)nc6c(-c7ccccc7)ccc(c65)n43)c2)c1. The van der Waals surface area contributed by atoms with Crippen LogP contribution in [-0.2, 0) is 16.2 Å². The number of hydrogen-bond donors (Lipinski definition) is 1. The molecular formula is C56H52N4O. The van der Waals surface area contributed by atoms with Gasteiger partial charge in [-0.1, -0.05) is 159 Å². The van der Waals surface area contributed by atoms with Crippen LogP contribution in [-0.4, -0.2) is 23.9 Å². The van der Waals surface area contributed by atoms with Crippen LogP contribution in [0.5, 0.6) is 5.75 Å². The summed E-state index contributed by atoms with van der Waals surface area (Å²) in [5, 5.41) is 12.7. The fourth-order valence-electron chi connectivity index (χ4n) is 8.97. The first-order chi connectivity index (χ1) is 29.1. The third-order valence-electron chi connectivity index (χ3n) is 12.4. The Morgan fingerprint density at radius 1 is 0.410 bits per heavy atom. The third-order valence-corrected chi connectivity index (χ3v) is 12.4. The Bertz CT molecular complexity index is 3330. The Morgan fingerprint density at radius 3 is 1.69 bits per heavy atom. The normalized spacial score (nSPS) is 12.7. The number of imidazole rings is 2. The van der Waals surface area contributed by atoms with E-state index in [4.69, 9.17) is 9.97 Å². The smallest absolute Gasteiger partial charge is 0.151 e. The van der Waals surface area contributed by atoms with Crippen molar-refractivity contribution in [1.82, 2.24) is 18.8 Å². The van der Waals surface area contributed by atoms with E-state index in [-0.39, 0.29) is 22.0 Å². The molecule has 3 aromatic heterocycles. The lowest BCUT2D eigenvalue weighted by molar-refractivity contribution is 0.482. The first-order valence-corrected chi connectivity index (χ1v) is 21.4. The third kappa shape index (κ3) is 6.37. The summed E-state index contributed by atoms with van der Waals surface area (Å²) in [5.41, 5.74) is 17.5. The number of aromatic nitrogens is 4. The van der Waals surface area contributed by atoms with Crippen LogP contribution >= 0.6 is 0 Å². The minimum absolute atomic E-state index is 0.0436. The molecular weight excluding hydrogens is 745 g/mol. The molecule has 0 saturated heterocycles. The van der Waals surface area contributed by atoms with E-state index in [2.05, 4.69) is 205 Å². The zero-order valence-electron chi connectivity index (χ0n) is 36.6. The van der Waals surface area contributed by atoms with Gasteiger partial charge < -0.3 is 5.11 Å². The van der Waals surface area contributed by atoms with E-state index in [9.17, 15) is 5.11 Å². The summed E-state index contributed by atoms with van der Waals surface area (Å²) in [4.78, 5) is 11.2. The highest BCUT2D eigenvalue weighted by molar-refractivity contribution is 6.12. The van der Waals surface area contributed by atoms with E-state index in [1.807, 2.05) is 6.07 Å². The Kier molecular flexibility index (Phi) is 8.61. The molecule has 10 aromatic rings. The van der Waals surface area contributed by atoms with Gasteiger partial charge in [0.25, 0.3) is 0 Å². The molecule has 0 atom stereocenters. The van der Waals surface area contributed by atoms with Crippen molar-refractivity contribution in [1.29, 1.82) is 0 Å². The van der Waals surface area contributed by atoms with Crippen LogP contribution in [0.3, 0.4) is 0 Å². The van der Waals surface area contributed by atoms with Crippen molar-refractivity contribution >= 4 is 44.1 Å². The average molecular weight is 797 g/mol. The number of nitrogens with zero attached hydrogens (tertiary/aromatic N) is 4. The second-order valence-corrected chi connectivity index (χ2v) is 19.8. The topological polar surface area (TPSA) is 54.8 Å². The van der Waals surface area contributed by atoms with E-state index in [1.165, 1.54) is 22.3 Å². The number of fused-ring (bicyclic) bond motifs is 7. The lowest BCUT2D eigenvalue weighted by Gasteiger charge is -2.26. The van der Waals surface area contributed by atoms with Gasteiger partial charge in [-0.2, -0.15) is 0 Å². The number of aromatic hydroxyl groups is 1. The van der Waals surface area contributed by atoms with Crippen molar-refractivity contribution in [3.05, 3.63) is 162 Å². The minimum atomic E-state index is -0.0911. The van der Waals surface area contributed by atoms with E-state index >= 15 is 0 Å². The summed E-state index contributed by atoms with van der Waals surface area (Å²) >= 11 is 0. The van der Waals surface area contributed by atoms with Crippen LogP contribution in [0.4, 0.5) is 0 Å². The minimum Gasteiger partial charge on any atom is -0.507 e. The second-order valence-electron chi connectivity index (χ2n) is 19.8. The molecule has 0 bridgehead atoms. The van der Waals surface area contributed by atoms with Crippen LogP contribution in [0.25, 0.3) is 88.9 Å². The summed E-state index contributed by atoms with van der Waals surface area (Å²) in [6.45, 7) is 20.4. The Morgan fingerprint density at radius 2 is 0.984 bits per heavy atom. The van der Waals surface area contributed by atoms with Crippen LogP contribution in [0.15, 0.2) is 146 Å². The number of para-hydroxylation sites is 1. The molecule has 0 spiro atoms. The lowest BCUT2D eigenvalue weighted by atomic mass is 9.79. The molecule has 61 heavy (non-hydrogen) atoms. The molecule has 0 radical (unpaired) electrons. The predicted octanol–water partition coefficient (Wildman–Crippen LogP) is 14.7. The molecule has 5 nitrogen and oxygen atoms in total. The maximum absolute atomic E-state index is 12.1. The van der Waals surface area contributed by atoms with Crippen molar-refractivity contribution in [3.63, 3.8) is 0 Å². The average Bonchev–Trinajstić information content (AvgIpc) is 3.79. The van der Waals surface area contributed by atoms with Gasteiger partial charge in [-0.05, 0) is 104 Å². The van der Waals surface area contributed by atoms with Crippen molar-refractivity contribution in [2.75, 3.05) is 0 Å². The van der Waals surface area contributed by atoms with E-state index in [0.717, 1.165) is 72.3 Å². The number of benzene rings is 7. The molecule has 5 heteroatoms. The molecule has 3 heterocycles. The van der Waals surface area contributed by atoms with Gasteiger partial charge in [0.05, 0.1) is 38.5 Å². The second kappa shape index (κ2) is 13.7. The molecule has 0 saturated carbocycles. The van der Waals surface area contributed by atoms with Gasteiger partial charge in [0.15, 0.2) is 5.65 Å². The highest BCUT2D eigenvalue weighted by Crippen LogP contribution is 2.43. The fraction of sp³-hybridized carbons (Fsp3) is 0.214. The Balaban J connectivity index is 1.33. The zero-order valence-corrected chi connectivity index (χ0v) is 36.6. The predicted molar refractivity (Wildman–Crippen MR) is 256 cm³/mol. The van der Waals surface area contributed by atoms with Gasteiger partial charge in [-0.15, -0.1) is 0 Å². The molecule has 0 aliphatic carbocycles. The molecule has 1 N–H and O–H groups in total. The highest BCUT2D eigenvalue weighted by Gasteiger charge is 2.27. The van der Waals surface area contributed by atoms with E-state index in [1.54, 1.807) is 6.07 Å². The maximum atomic E-state index is 12.1. The fourth-order valence-corrected chi connectivity index (χ4v) is 8.97. The Hall–Kier alpha value is -6.72. The molecule has 0 aliphatic rings. The van der Waals surface area contributed by atoms with Crippen LogP contribution < -0.4 is 0 Å². The van der Waals surface area contributed by atoms with Crippen LogP contribution in [0.1, 0.15) is 79.0 Å². The van der Waals surface area contributed by atoms with Crippen molar-refractivity contribution < 1.29 is 5.11 Å². The van der Waals surface area contributed by atoms with E-state index < -0.39 is 0 Å². The van der Waals surface area contributed by atoms with Crippen molar-refractivity contribution in [2.24, 2.45) is 0 Å². The first kappa shape index (κ1) is 38.5. The molecule has 10 rings (SSSR count). The monoisotopic (exact) mass is 796 g/mol. The summed E-state index contributed by atoms with van der Waals surface area (Å²) in [6.07, 6.45) is 0. The van der Waals surface area contributed by atoms with E-state index in [0.29, 0.717) is 11.0 Å². The quantitative estimate of drug-likeness (QED) is 0.193. The lowest BCUT2D eigenvalue weighted by Crippen LogP contribution is -2.16. The van der Waals surface area contributed by atoms with Crippen molar-refractivity contribution in [3.8, 4) is 50.5 Å². The molecule has 302 valence electrons. The van der Waals surface area contributed by atoms with Gasteiger partial charge in [0, 0.05) is 16.7 Å².